The summed E-state index contributed by atoms with van der Waals surface area (Å²) in [5.41, 5.74) is 3.77. The number of nitrogens with zero attached hydrogens (tertiary/aromatic N) is 4. The number of halogens is 1. The van der Waals surface area contributed by atoms with E-state index >= 15 is 0 Å². The van der Waals surface area contributed by atoms with Gasteiger partial charge < -0.3 is 15.7 Å². The Labute approximate surface area is 172 Å². The fraction of sp³-hybridized carbons (Fsp3) is 0.200. The SMILES string of the molecule is Cc1nnc2n1-c1ccc(NC(=O)NCCO)cc1C(c1ccccc1Cl)=NC2. The maximum Gasteiger partial charge on any atom is 0.319 e. The summed E-state index contributed by atoms with van der Waals surface area (Å²) >= 11 is 6.46. The number of benzene rings is 2. The summed E-state index contributed by atoms with van der Waals surface area (Å²) in [7, 11) is 0. The zero-order chi connectivity index (χ0) is 20.4. The third-order valence-corrected chi connectivity index (χ3v) is 4.88. The number of aliphatic hydroxyl groups is 1. The minimum Gasteiger partial charge on any atom is -0.395 e. The molecule has 1 aliphatic rings. The van der Waals surface area contributed by atoms with Gasteiger partial charge in [-0.15, -0.1) is 10.2 Å². The number of urea groups is 1. The molecule has 29 heavy (non-hydrogen) atoms. The molecule has 1 aromatic heterocycles. The van der Waals surface area contributed by atoms with E-state index in [1.54, 1.807) is 6.07 Å². The highest BCUT2D eigenvalue weighted by Gasteiger charge is 2.23. The molecule has 4 rings (SSSR count). The van der Waals surface area contributed by atoms with Crippen LogP contribution in [0.25, 0.3) is 5.69 Å². The van der Waals surface area contributed by atoms with Gasteiger partial charge in [-0.2, -0.15) is 0 Å². The molecule has 3 N–H and O–H groups in total. The minimum atomic E-state index is -0.398. The molecular weight excluding hydrogens is 392 g/mol. The van der Waals surface area contributed by atoms with E-state index in [-0.39, 0.29) is 13.2 Å². The molecule has 0 unspecified atom stereocenters. The highest BCUT2D eigenvalue weighted by Crippen LogP contribution is 2.30. The van der Waals surface area contributed by atoms with Crippen molar-refractivity contribution >= 4 is 29.0 Å². The molecule has 0 saturated carbocycles. The number of aromatic nitrogens is 3. The lowest BCUT2D eigenvalue weighted by atomic mass is 9.99. The molecule has 8 nitrogen and oxygen atoms in total. The second-order valence-corrected chi connectivity index (χ2v) is 6.89. The summed E-state index contributed by atoms with van der Waals surface area (Å²) in [6, 6.07) is 12.7. The first-order valence-electron chi connectivity index (χ1n) is 9.09. The van der Waals surface area contributed by atoms with Crippen LogP contribution in [0.15, 0.2) is 47.5 Å². The normalized spacial score (nSPS) is 12.4. The Bertz CT molecular complexity index is 1110. The van der Waals surface area contributed by atoms with Gasteiger partial charge in [-0.05, 0) is 31.2 Å². The van der Waals surface area contributed by atoms with Crippen molar-refractivity contribution in [1.82, 2.24) is 20.1 Å². The first-order valence-corrected chi connectivity index (χ1v) is 9.47. The van der Waals surface area contributed by atoms with Crippen LogP contribution < -0.4 is 10.6 Å². The predicted molar refractivity (Wildman–Crippen MR) is 111 cm³/mol. The number of aliphatic hydroxyl groups excluding tert-OH is 1. The zero-order valence-corrected chi connectivity index (χ0v) is 16.4. The van der Waals surface area contributed by atoms with Gasteiger partial charge in [0.25, 0.3) is 0 Å². The van der Waals surface area contributed by atoms with Crippen LogP contribution in [0.1, 0.15) is 22.8 Å². The lowest BCUT2D eigenvalue weighted by molar-refractivity contribution is 0.245. The molecule has 0 radical (unpaired) electrons. The van der Waals surface area contributed by atoms with Gasteiger partial charge in [0.1, 0.15) is 12.4 Å². The second-order valence-electron chi connectivity index (χ2n) is 6.48. The zero-order valence-electron chi connectivity index (χ0n) is 15.7. The maximum absolute atomic E-state index is 12.0. The molecule has 0 fully saturated rings. The second kappa shape index (κ2) is 8.02. The maximum atomic E-state index is 12.0. The standard InChI is InChI=1S/C20H19ClN6O2/c1-12-25-26-18-11-23-19(14-4-2-3-5-16(14)21)15-10-13(6-7-17(15)27(12)18)24-20(29)22-8-9-28/h2-7,10,28H,8-9,11H2,1H3,(H2,22,24,29). The Morgan fingerprint density at radius 2 is 2.03 bits per heavy atom. The summed E-state index contributed by atoms with van der Waals surface area (Å²) in [5, 5.41) is 23.2. The van der Waals surface area contributed by atoms with Crippen LogP contribution in [-0.2, 0) is 6.54 Å². The quantitative estimate of drug-likeness (QED) is 0.615. The first kappa shape index (κ1) is 19.1. The average Bonchev–Trinajstić information content (AvgIpc) is 3.00. The number of anilines is 1. The Morgan fingerprint density at radius 3 is 2.83 bits per heavy atom. The lowest BCUT2D eigenvalue weighted by Crippen LogP contribution is -2.31. The van der Waals surface area contributed by atoms with Crippen molar-refractivity contribution in [2.24, 2.45) is 4.99 Å². The van der Waals surface area contributed by atoms with E-state index in [1.807, 2.05) is 47.9 Å². The minimum absolute atomic E-state index is 0.128. The van der Waals surface area contributed by atoms with Gasteiger partial charge in [0.15, 0.2) is 5.82 Å². The van der Waals surface area contributed by atoms with Gasteiger partial charge in [0, 0.05) is 28.4 Å². The molecule has 0 aliphatic carbocycles. The Balaban J connectivity index is 1.83. The van der Waals surface area contributed by atoms with Crippen LogP contribution in [0, 0.1) is 6.92 Å². The van der Waals surface area contributed by atoms with Crippen molar-refractivity contribution < 1.29 is 9.90 Å². The largest absolute Gasteiger partial charge is 0.395 e. The summed E-state index contributed by atoms with van der Waals surface area (Å²) in [4.78, 5) is 16.8. The molecule has 148 valence electrons. The van der Waals surface area contributed by atoms with E-state index in [2.05, 4.69) is 20.8 Å². The number of aliphatic imine (C=N–C) groups is 1. The summed E-state index contributed by atoms with van der Waals surface area (Å²) in [6.45, 7) is 2.29. The number of amides is 2. The van der Waals surface area contributed by atoms with Gasteiger partial charge in [-0.3, -0.25) is 9.56 Å². The van der Waals surface area contributed by atoms with Crippen molar-refractivity contribution in [3.8, 4) is 5.69 Å². The summed E-state index contributed by atoms with van der Waals surface area (Å²) in [5.74, 6) is 1.48. The van der Waals surface area contributed by atoms with Crippen LogP contribution in [0.5, 0.6) is 0 Å². The highest BCUT2D eigenvalue weighted by molar-refractivity contribution is 6.35. The van der Waals surface area contributed by atoms with Crippen molar-refractivity contribution in [3.05, 3.63) is 70.3 Å². The van der Waals surface area contributed by atoms with Crippen LogP contribution in [0.2, 0.25) is 5.02 Å². The molecule has 2 heterocycles. The van der Waals surface area contributed by atoms with Crippen molar-refractivity contribution in [1.29, 1.82) is 0 Å². The highest BCUT2D eigenvalue weighted by atomic mass is 35.5. The predicted octanol–water partition coefficient (Wildman–Crippen LogP) is 2.69. The van der Waals surface area contributed by atoms with Gasteiger partial charge in [-0.25, -0.2) is 4.79 Å². The first-order chi connectivity index (χ1) is 14.1. The van der Waals surface area contributed by atoms with E-state index in [9.17, 15) is 4.79 Å². The van der Waals surface area contributed by atoms with Crippen molar-refractivity contribution in [2.45, 2.75) is 13.5 Å². The van der Waals surface area contributed by atoms with E-state index in [4.69, 9.17) is 21.7 Å². The number of carbonyl (C=O) groups excluding carboxylic acids is 1. The van der Waals surface area contributed by atoms with Crippen LogP contribution in [-0.4, -0.2) is 44.8 Å². The smallest absolute Gasteiger partial charge is 0.319 e. The average molecular weight is 411 g/mol. The number of hydrogen-bond donors (Lipinski definition) is 3. The molecule has 0 atom stereocenters. The number of aryl methyl sites for hydroxylation is 1. The number of rotatable bonds is 4. The summed E-state index contributed by atoms with van der Waals surface area (Å²) < 4.78 is 1.96. The molecule has 0 saturated heterocycles. The fourth-order valence-corrected chi connectivity index (χ4v) is 3.51. The molecule has 0 bridgehead atoms. The molecular formula is C20H19ClN6O2. The topological polar surface area (TPSA) is 104 Å². The van der Waals surface area contributed by atoms with Gasteiger partial charge in [-0.1, -0.05) is 29.8 Å². The van der Waals surface area contributed by atoms with E-state index < -0.39 is 6.03 Å². The Morgan fingerprint density at radius 1 is 1.21 bits per heavy atom. The molecule has 1 aliphatic heterocycles. The molecule has 0 spiro atoms. The van der Waals surface area contributed by atoms with Gasteiger partial charge in [0.2, 0.25) is 0 Å². The van der Waals surface area contributed by atoms with Crippen molar-refractivity contribution in [3.63, 3.8) is 0 Å². The monoisotopic (exact) mass is 410 g/mol. The molecule has 9 heteroatoms. The number of fused-ring (bicyclic) bond motifs is 3. The van der Waals surface area contributed by atoms with Crippen LogP contribution in [0.3, 0.4) is 0 Å². The third kappa shape index (κ3) is 3.72. The number of carbonyl (C=O) groups is 1. The summed E-state index contributed by atoms with van der Waals surface area (Å²) in [6.07, 6.45) is 0. The third-order valence-electron chi connectivity index (χ3n) is 4.55. The fourth-order valence-electron chi connectivity index (χ4n) is 3.28. The molecule has 2 amide bonds. The van der Waals surface area contributed by atoms with Gasteiger partial charge in [0.05, 0.1) is 18.0 Å². The van der Waals surface area contributed by atoms with E-state index in [0.29, 0.717) is 17.3 Å². The Kier molecular flexibility index (Phi) is 5.28. The van der Waals surface area contributed by atoms with Crippen LogP contribution in [0.4, 0.5) is 10.5 Å². The van der Waals surface area contributed by atoms with Gasteiger partial charge >= 0.3 is 6.03 Å². The lowest BCUT2D eigenvalue weighted by Gasteiger charge is -2.15. The molecule has 3 aromatic rings. The number of hydrogen-bond acceptors (Lipinski definition) is 5. The van der Waals surface area contributed by atoms with Crippen molar-refractivity contribution in [2.75, 3.05) is 18.5 Å². The Hall–Kier alpha value is -3.23. The van der Waals surface area contributed by atoms with Crippen LogP contribution >= 0.6 is 11.6 Å². The number of nitrogens with one attached hydrogen (secondary N) is 2. The van der Waals surface area contributed by atoms with E-state index in [0.717, 1.165) is 34.2 Å². The molecule has 2 aromatic carbocycles. The van der Waals surface area contributed by atoms with E-state index in [1.165, 1.54) is 0 Å².